The van der Waals surface area contributed by atoms with Crippen molar-refractivity contribution >= 4 is 29.9 Å². The Kier molecular flexibility index (Phi) is 9.29. The zero-order valence-electron chi connectivity index (χ0n) is 18.6. The van der Waals surface area contributed by atoms with E-state index >= 15 is 0 Å². The summed E-state index contributed by atoms with van der Waals surface area (Å²) < 4.78 is 11.3. The fraction of sp³-hybridized carbons (Fsp3) is 0.348. The molecule has 0 aliphatic heterocycles. The van der Waals surface area contributed by atoms with Crippen molar-refractivity contribution in [3.05, 3.63) is 70.7 Å². The molecule has 0 aliphatic carbocycles. The van der Waals surface area contributed by atoms with Gasteiger partial charge >= 0.3 is 0 Å². The van der Waals surface area contributed by atoms with Crippen molar-refractivity contribution in [3.63, 3.8) is 0 Å². The Labute approximate surface area is 200 Å². The predicted octanol–water partition coefficient (Wildman–Crippen LogP) is 5.09. The molecule has 0 fully saturated rings. The number of benzene rings is 1. The summed E-state index contributed by atoms with van der Waals surface area (Å²) in [6.45, 7) is 9.41. The SMILES string of the molecule is CN=C(NCc1ccnc(Oc2ccc(C)c(C)c2)c1)NCc1cc(C(C)C)no1.I. The van der Waals surface area contributed by atoms with Crippen LogP contribution in [0.15, 0.2) is 52.1 Å². The van der Waals surface area contributed by atoms with Crippen LogP contribution >= 0.6 is 24.0 Å². The molecule has 0 atom stereocenters. The second kappa shape index (κ2) is 11.7. The van der Waals surface area contributed by atoms with E-state index < -0.39 is 0 Å². The number of hydrogen-bond acceptors (Lipinski definition) is 5. The third-order valence-corrected chi connectivity index (χ3v) is 4.78. The van der Waals surface area contributed by atoms with Gasteiger partial charge < -0.3 is 19.9 Å². The molecular weight excluding hydrogens is 505 g/mol. The Morgan fingerprint density at radius 2 is 1.84 bits per heavy atom. The van der Waals surface area contributed by atoms with E-state index in [1.165, 1.54) is 11.1 Å². The van der Waals surface area contributed by atoms with Gasteiger partial charge in [-0.25, -0.2) is 4.98 Å². The third-order valence-electron chi connectivity index (χ3n) is 4.78. The molecule has 3 aromatic rings. The number of aromatic nitrogens is 2. The maximum Gasteiger partial charge on any atom is 0.219 e. The highest BCUT2D eigenvalue weighted by molar-refractivity contribution is 14.0. The van der Waals surface area contributed by atoms with E-state index in [2.05, 4.69) is 53.5 Å². The van der Waals surface area contributed by atoms with Crippen molar-refractivity contribution in [2.45, 2.75) is 46.7 Å². The van der Waals surface area contributed by atoms with E-state index in [-0.39, 0.29) is 24.0 Å². The highest BCUT2D eigenvalue weighted by Gasteiger charge is 2.08. The van der Waals surface area contributed by atoms with Gasteiger partial charge in [0.15, 0.2) is 11.7 Å². The fourth-order valence-electron chi connectivity index (χ4n) is 2.78. The predicted molar refractivity (Wildman–Crippen MR) is 133 cm³/mol. The number of ether oxygens (including phenoxy) is 1. The summed E-state index contributed by atoms with van der Waals surface area (Å²) in [5, 5.41) is 10.6. The highest BCUT2D eigenvalue weighted by Crippen LogP contribution is 2.22. The maximum absolute atomic E-state index is 5.91. The van der Waals surface area contributed by atoms with Crippen LogP contribution in [-0.4, -0.2) is 23.1 Å². The summed E-state index contributed by atoms with van der Waals surface area (Å²) in [5.74, 6) is 3.12. The molecule has 0 radical (unpaired) electrons. The second-order valence-corrected chi connectivity index (χ2v) is 7.50. The van der Waals surface area contributed by atoms with E-state index in [1.807, 2.05) is 36.4 Å². The van der Waals surface area contributed by atoms with Crippen molar-refractivity contribution in [2.75, 3.05) is 7.05 Å². The lowest BCUT2D eigenvalue weighted by atomic mass is 10.1. The largest absolute Gasteiger partial charge is 0.439 e. The van der Waals surface area contributed by atoms with Crippen LogP contribution in [0.3, 0.4) is 0 Å². The van der Waals surface area contributed by atoms with E-state index in [0.717, 1.165) is 22.8 Å². The first kappa shape index (κ1) is 24.6. The van der Waals surface area contributed by atoms with Crippen LogP contribution in [0.1, 0.15) is 47.9 Å². The molecule has 0 saturated heterocycles. The van der Waals surface area contributed by atoms with Crippen molar-refractivity contribution < 1.29 is 9.26 Å². The molecule has 2 N–H and O–H groups in total. The molecule has 0 saturated carbocycles. The average Bonchev–Trinajstić information content (AvgIpc) is 3.21. The number of nitrogens with zero attached hydrogens (tertiary/aromatic N) is 3. The van der Waals surface area contributed by atoms with Crippen LogP contribution in [0.25, 0.3) is 0 Å². The minimum absolute atomic E-state index is 0. The highest BCUT2D eigenvalue weighted by atomic mass is 127. The molecule has 0 aliphatic rings. The molecule has 2 aromatic heterocycles. The Morgan fingerprint density at radius 3 is 2.52 bits per heavy atom. The van der Waals surface area contributed by atoms with Crippen LogP contribution < -0.4 is 15.4 Å². The van der Waals surface area contributed by atoms with E-state index in [0.29, 0.717) is 30.8 Å². The van der Waals surface area contributed by atoms with Crippen LogP contribution in [-0.2, 0) is 13.1 Å². The van der Waals surface area contributed by atoms with Gasteiger partial charge in [-0.2, -0.15) is 0 Å². The van der Waals surface area contributed by atoms with Gasteiger partial charge in [0, 0.05) is 31.9 Å². The number of hydrogen-bond donors (Lipinski definition) is 2. The lowest BCUT2D eigenvalue weighted by Gasteiger charge is -2.12. The molecular formula is C23H30IN5O2. The van der Waals surface area contributed by atoms with Crippen molar-refractivity contribution in [2.24, 2.45) is 4.99 Å². The molecule has 1 aromatic carbocycles. The topological polar surface area (TPSA) is 84.6 Å². The number of pyridine rings is 1. The number of aryl methyl sites for hydroxylation is 2. The number of nitrogens with one attached hydrogen (secondary N) is 2. The van der Waals surface area contributed by atoms with Crippen LogP contribution in [0.5, 0.6) is 11.6 Å². The normalized spacial score (nSPS) is 11.2. The monoisotopic (exact) mass is 535 g/mol. The zero-order valence-corrected chi connectivity index (χ0v) is 20.9. The fourth-order valence-corrected chi connectivity index (χ4v) is 2.78. The lowest BCUT2D eigenvalue weighted by Crippen LogP contribution is -2.36. The molecule has 0 unspecified atom stereocenters. The van der Waals surface area contributed by atoms with Crippen LogP contribution in [0.4, 0.5) is 0 Å². The zero-order chi connectivity index (χ0) is 21.5. The molecule has 166 valence electrons. The Hall–Kier alpha value is -2.62. The molecule has 8 heteroatoms. The number of guanidine groups is 1. The second-order valence-electron chi connectivity index (χ2n) is 7.50. The molecule has 3 rings (SSSR count). The van der Waals surface area contributed by atoms with Gasteiger partial charge in [0.1, 0.15) is 5.75 Å². The molecule has 7 nitrogen and oxygen atoms in total. The maximum atomic E-state index is 5.91. The molecule has 31 heavy (non-hydrogen) atoms. The minimum atomic E-state index is 0. The van der Waals surface area contributed by atoms with Gasteiger partial charge in [0.25, 0.3) is 0 Å². The van der Waals surface area contributed by atoms with Gasteiger partial charge in [-0.15, -0.1) is 24.0 Å². The number of aliphatic imine (C=N–C) groups is 1. The van der Waals surface area contributed by atoms with Crippen LogP contribution in [0.2, 0.25) is 0 Å². The summed E-state index contributed by atoms with van der Waals surface area (Å²) in [6, 6.07) is 11.8. The molecule has 0 amide bonds. The number of rotatable bonds is 7. The molecule has 0 spiro atoms. The van der Waals surface area contributed by atoms with Crippen LogP contribution in [0, 0.1) is 13.8 Å². The molecule has 2 heterocycles. The van der Waals surface area contributed by atoms with Gasteiger partial charge in [0.05, 0.1) is 12.2 Å². The summed E-state index contributed by atoms with van der Waals surface area (Å²) in [7, 11) is 1.73. The van der Waals surface area contributed by atoms with Gasteiger partial charge in [-0.3, -0.25) is 4.99 Å². The van der Waals surface area contributed by atoms with E-state index in [9.17, 15) is 0 Å². The first-order chi connectivity index (χ1) is 14.4. The van der Waals surface area contributed by atoms with Gasteiger partial charge in [-0.1, -0.05) is 25.1 Å². The van der Waals surface area contributed by atoms with Crippen molar-refractivity contribution in [1.82, 2.24) is 20.8 Å². The van der Waals surface area contributed by atoms with Crippen molar-refractivity contribution in [1.29, 1.82) is 0 Å². The first-order valence-electron chi connectivity index (χ1n) is 10.0. The number of halogens is 1. The Bertz CT molecular complexity index is 1020. The van der Waals surface area contributed by atoms with Crippen molar-refractivity contribution in [3.8, 4) is 11.6 Å². The quantitative estimate of drug-likeness (QED) is 0.249. The summed E-state index contributed by atoms with van der Waals surface area (Å²) in [6.07, 6.45) is 1.74. The summed E-state index contributed by atoms with van der Waals surface area (Å²) in [5.41, 5.74) is 4.40. The standard InChI is InChI=1S/C23H29N5O2.HI/c1-15(2)21-12-20(30-28-21)14-27-23(24-5)26-13-18-8-9-25-22(11-18)29-19-7-6-16(3)17(4)10-19;/h6-12,15H,13-14H2,1-5H3,(H2,24,26,27);1H. The summed E-state index contributed by atoms with van der Waals surface area (Å²) >= 11 is 0. The third kappa shape index (κ3) is 7.23. The van der Waals surface area contributed by atoms with Gasteiger partial charge in [0.2, 0.25) is 5.88 Å². The van der Waals surface area contributed by atoms with E-state index in [4.69, 9.17) is 9.26 Å². The first-order valence-corrected chi connectivity index (χ1v) is 10.0. The summed E-state index contributed by atoms with van der Waals surface area (Å²) in [4.78, 5) is 8.56. The molecule has 0 bridgehead atoms. The smallest absolute Gasteiger partial charge is 0.219 e. The Balaban J connectivity index is 0.00000341. The lowest BCUT2D eigenvalue weighted by molar-refractivity contribution is 0.372. The average molecular weight is 535 g/mol. The van der Waals surface area contributed by atoms with E-state index in [1.54, 1.807) is 13.2 Å². The Morgan fingerprint density at radius 1 is 1.06 bits per heavy atom. The van der Waals surface area contributed by atoms with Gasteiger partial charge in [-0.05, 0) is 54.7 Å². The minimum Gasteiger partial charge on any atom is -0.439 e.